The Bertz CT molecular complexity index is 18.9. The first-order chi connectivity index (χ1) is 2.27. The fourth-order valence-electron chi connectivity index (χ4n) is 0. The molecule has 0 saturated heterocycles. The van der Waals surface area contributed by atoms with Crippen molar-refractivity contribution in [2.45, 2.75) is 0 Å². The molecule has 0 fully saturated rings. The van der Waals surface area contributed by atoms with E-state index in [9.17, 15) is 0 Å². The van der Waals surface area contributed by atoms with Crippen LogP contribution in [0.3, 0.4) is 0 Å². The van der Waals surface area contributed by atoms with Crippen molar-refractivity contribution in [3.05, 3.63) is 0 Å². The molecule has 31 valence electrons. The van der Waals surface area contributed by atoms with Gasteiger partial charge in [-0.3, -0.25) is 4.90 Å². The van der Waals surface area contributed by atoms with Crippen molar-refractivity contribution in [2.75, 3.05) is 20.8 Å². The van der Waals surface area contributed by atoms with Gasteiger partial charge in [0.1, 0.15) is 0 Å². The van der Waals surface area contributed by atoms with Crippen LogP contribution in [0.25, 0.3) is 0 Å². The summed E-state index contributed by atoms with van der Waals surface area (Å²) in [5.74, 6) is 0. The lowest BCUT2D eigenvalue weighted by Gasteiger charge is -1.99. The Hall–Kier alpha value is -0.0800. The predicted molar refractivity (Wildman–Crippen MR) is 21.7 cm³/mol. The summed E-state index contributed by atoms with van der Waals surface area (Å²) in [5, 5.41) is 0. The van der Waals surface area contributed by atoms with Crippen LogP contribution in [-0.2, 0) is 0 Å². The first-order valence-electron chi connectivity index (χ1n) is 1.56. The molecule has 0 aromatic carbocycles. The highest BCUT2D eigenvalue weighted by molar-refractivity contribution is 4.22. The van der Waals surface area contributed by atoms with E-state index in [1.54, 1.807) is 4.90 Å². The van der Waals surface area contributed by atoms with Gasteiger partial charge in [-0.1, -0.05) is 0 Å². The summed E-state index contributed by atoms with van der Waals surface area (Å²) >= 11 is 0. The number of hydrogen-bond acceptors (Lipinski definition) is 1. The standard InChI is InChI=1S/C3H9N2/c1-5(2)3-4/h4H,3H2,1-2H3. The van der Waals surface area contributed by atoms with E-state index in [4.69, 9.17) is 5.73 Å². The molecule has 0 bridgehead atoms. The molecular weight excluding hydrogens is 64.0 g/mol. The summed E-state index contributed by atoms with van der Waals surface area (Å²) in [6, 6.07) is 0. The van der Waals surface area contributed by atoms with Crippen LogP contribution in [0.5, 0.6) is 0 Å². The van der Waals surface area contributed by atoms with Crippen LogP contribution in [0.15, 0.2) is 0 Å². The number of rotatable bonds is 1. The lowest BCUT2D eigenvalue weighted by atomic mass is 10.9. The van der Waals surface area contributed by atoms with E-state index in [-0.39, 0.29) is 0 Å². The van der Waals surface area contributed by atoms with E-state index >= 15 is 0 Å². The van der Waals surface area contributed by atoms with Gasteiger partial charge in [-0.2, -0.15) is 0 Å². The monoisotopic (exact) mass is 73.1 g/mol. The lowest BCUT2D eigenvalue weighted by Crippen LogP contribution is -2.12. The smallest absolute Gasteiger partial charge is 0.0610 e. The second kappa shape index (κ2) is 2.18. The maximum absolute atomic E-state index is 6.58. The molecule has 0 spiro atoms. The summed E-state index contributed by atoms with van der Waals surface area (Å²) < 4.78 is 0. The zero-order valence-corrected chi connectivity index (χ0v) is 3.65. The molecule has 0 aromatic heterocycles. The summed E-state index contributed by atoms with van der Waals surface area (Å²) in [6.45, 7) is 0.389. The zero-order valence-electron chi connectivity index (χ0n) is 3.65. The SMILES string of the molecule is CN(C)C[NH]. The third-order valence-electron chi connectivity index (χ3n) is 0.316. The first kappa shape index (κ1) is 4.92. The topological polar surface area (TPSA) is 27.0 Å². The third kappa shape index (κ3) is 3.92. The van der Waals surface area contributed by atoms with Crippen molar-refractivity contribution in [1.29, 1.82) is 0 Å². The molecule has 0 aromatic rings. The van der Waals surface area contributed by atoms with Crippen LogP contribution in [-0.4, -0.2) is 25.7 Å². The van der Waals surface area contributed by atoms with Gasteiger partial charge in [0.25, 0.3) is 0 Å². The Kier molecular flexibility index (Phi) is 2.14. The Balaban J connectivity index is 2.54. The van der Waals surface area contributed by atoms with E-state index in [0.29, 0.717) is 6.67 Å². The maximum Gasteiger partial charge on any atom is 0.0610 e. The van der Waals surface area contributed by atoms with Crippen LogP contribution in [0.2, 0.25) is 0 Å². The summed E-state index contributed by atoms with van der Waals surface area (Å²) in [6.07, 6.45) is 0. The Morgan fingerprint density at radius 1 is 1.60 bits per heavy atom. The molecular formula is C3H9N2. The number of nitrogens with zero attached hydrogens (tertiary/aromatic N) is 1. The second-order valence-corrected chi connectivity index (χ2v) is 1.24. The Morgan fingerprint density at radius 3 is 1.80 bits per heavy atom. The number of nitrogens with one attached hydrogen (secondary N) is 1. The normalized spacial score (nSPS) is 9.60. The van der Waals surface area contributed by atoms with E-state index in [0.717, 1.165) is 0 Å². The average molecular weight is 73.1 g/mol. The van der Waals surface area contributed by atoms with Crippen molar-refractivity contribution in [2.24, 2.45) is 0 Å². The van der Waals surface area contributed by atoms with E-state index < -0.39 is 0 Å². The first-order valence-corrected chi connectivity index (χ1v) is 1.56. The molecule has 0 rings (SSSR count). The Labute approximate surface area is 32.6 Å². The van der Waals surface area contributed by atoms with Gasteiger partial charge in [0.2, 0.25) is 0 Å². The molecule has 0 atom stereocenters. The minimum Gasteiger partial charge on any atom is -0.296 e. The molecule has 2 heteroatoms. The molecule has 0 heterocycles. The summed E-state index contributed by atoms with van der Waals surface area (Å²) in [7, 11) is 3.74. The van der Waals surface area contributed by atoms with Crippen molar-refractivity contribution >= 4 is 0 Å². The highest BCUT2D eigenvalue weighted by Gasteiger charge is 1.73. The molecule has 0 aliphatic heterocycles. The van der Waals surface area contributed by atoms with Gasteiger partial charge in [0, 0.05) is 0 Å². The van der Waals surface area contributed by atoms with Crippen LogP contribution in [0.4, 0.5) is 0 Å². The van der Waals surface area contributed by atoms with Crippen LogP contribution >= 0.6 is 0 Å². The minimum atomic E-state index is 0.389. The average Bonchev–Trinajstić information content (AvgIpc) is 1.38. The molecule has 0 aliphatic rings. The highest BCUT2D eigenvalue weighted by Crippen LogP contribution is 1.58. The van der Waals surface area contributed by atoms with Crippen LogP contribution in [0, 0.1) is 0 Å². The van der Waals surface area contributed by atoms with E-state index in [1.165, 1.54) is 0 Å². The van der Waals surface area contributed by atoms with Gasteiger partial charge < -0.3 is 0 Å². The predicted octanol–water partition coefficient (Wildman–Crippen LogP) is -0.212. The summed E-state index contributed by atoms with van der Waals surface area (Å²) in [5.41, 5.74) is 6.58. The van der Waals surface area contributed by atoms with Crippen molar-refractivity contribution in [1.82, 2.24) is 10.6 Å². The van der Waals surface area contributed by atoms with Crippen molar-refractivity contribution in [3.63, 3.8) is 0 Å². The zero-order chi connectivity index (χ0) is 4.28. The minimum absolute atomic E-state index is 0.389. The van der Waals surface area contributed by atoms with Gasteiger partial charge in [-0.25, -0.2) is 5.73 Å². The molecule has 0 aliphatic carbocycles. The van der Waals surface area contributed by atoms with Gasteiger partial charge in [0.05, 0.1) is 6.67 Å². The fraction of sp³-hybridized carbons (Fsp3) is 1.00. The molecule has 0 saturated carbocycles. The molecule has 1 radical (unpaired) electrons. The Morgan fingerprint density at radius 2 is 1.80 bits per heavy atom. The quantitative estimate of drug-likeness (QED) is 0.422. The van der Waals surface area contributed by atoms with Crippen molar-refractivity contribution < 1.29 is 0 Å². The second-order valence-electron chi connectivity index (χ2n) is 1.24. The van der Waals surface area contributed by atoms with E-state index in [1.807, 2.05) is 14.1 Å². The van der Waals surface area contributed by atoms with Crippen LogP contribution in [0.1, 0.15) is 0 Å². The fourth-order valence-corrected chi connectivity index (χ4v) is 0. The maximum atomic E-state index is 6.58. The van der Waals surface area contributed by atoms with Gasteiger partial charge in [-0.05, 0) is 14.1 Å². The molecule has 0 amide bonds. The van der Waals surface area contributed by atoms with Gasteiger partial charge >= 0.3 is 0 Å². The molecule has 5 heavy (non-hydrogen) atoms. The largest absolute Gasteiger partial charge is 0.296 e. The summed E-state index contributed by atoms with van der Waals surface area (Å²) in [4.78, 5) is 1.79. The highest BCUT2D eigenvalue weighted by atomic mass is 15.1. The van der Waals surface area contributed by atoms with E-state index in [2.05, 4.69) is 0 Å². The number of hydrogen-bond donors (Lipinski definition) is 0. The van der Waals surface area contributed by atoms with Gasteiger partial charge in [-0.15, -0.1) is 0 Å². The van der Waals surface area contributed by atoms with Crippen LogP contribution < -0.4 is 5.73 Å². The molecule has 0 unspecified atom stereocenters. The third-order valence-corrected chi connectivity index (χ3v) is 0.316. The van der Waals surface area contributed by atoms with Crippen molar-refractivity contribution in [3.8, 4) is 0 Å². The van der Waals surface area contributed by atoms with Gasteiger partial charge in [0.15, 0.2) is 0 Å². The lowest BCUT2D eigenvalue weighted by molar-refractivity contribution is 0.415. The molecule has 2 nitrogen and oxygen atoms in total. The molecule has 1 N–H and O–H groups in total.